The van der Waals surface area contributed by atoms with Crippen LogP contribution >= 0.6 is 11.6 Å². The molecule has 1 N–H and O–H groups in total. The molecule has 7 heteroatoms. The van der Waals surface area contributed by atoms with Gasteiger partial charge in [0.25, 0.3) is 11.5 Å². The molecule has 0 saturated carbocycles. The van der Waals surface area contributed by atoms with Crippen LogP contribution in [0.2, 0.25) is 5.02 Å². The van der Waals surface area contributed by atoms with E-state index in [0.29, 0.717) is 34.6 Å². The molecule has 0 bridgehead atoms. The minimum atomic E-state index is -1.16. The Morgan fingerprint density at radius 2 is 2.04 bits per heavy atom. The molecule has 2 amide bonds. The van der Waals surface area contributed by atoms with Gasteiger partial charge in [0.05, 0.1) is 15.9 Å². The van der Waals surface area contributed by atoms with Crippen molar-refractivity contribution in [2.24, 2.45) is 0 Å². The van der Waals surface area contributed by atoms with Crippen LogP contribution in [0, 0.1) is 6.92 Å². The second-order valence-electron chi connectivity index (χ2n) is 5.94. The first kappa shape index (κ1) is 15.7. The summed E-state index contributed by atoms with van der Waals surface area (Å²) in [5, 5.41) is 3.10. The van der Waals surface area contributed by atoms with Gasteiger partial charge in [-0.05, 0) is 38.8 Å². The third kappa shape index (κ3) is 2.43. The van der Waals surface area contributed by atoms with Gasteiger partial charge in [-0.2, -0.15) is 0 Å². The highest BCUT2D eigenvalue weighted by molar-refractivity contribution is 6.34. The zero-order valence-corrected chi connectivity index (χ0v) is 13.6. The number of benzene rings is 1. The summed E-state index contributed by atoms with van der Waals surface area (Å²) in [6, 6.07) is 4.97. The van der Waals surface area contributed by atoms with Crippen LogP contribution in [-0.2, 0) is 15.1 Å². The van der Waals surface area contributed by atoms with Crippen LogP contribution in [0.15, 0.2) is 23.0 Å². The van der Waals surface area contributed by atoms with Crippen molar-refractivity contribution in [3.63, 3.8) is 0 Å². The van der Waals surface area contributed by atoms with Gasteiger partial charge in [-0.1, -0.05) is 17.7 Å². The first-order valence-corrected chi connectivity index (χ1v) is 7.75. The fourth-order valence-corrected chi connectivity index (χ4v) is 3.32. The van der Waals surface area contributed by atoms with Gasteiger partial charge in [0.2, 0.25) is 5.91 Å². The summed E-state index contributed by atoms with van der Waals surface area (Å²) in [6.07, 6.45) is 1.18. The Balaban J connectivity index is 2.29. The minimum Gasteiger partial charge on any atom is -0.294 e. The Kier molecular flexibility index (Phi) is 3.72. The number of aromatic nitrogens is 2. The molecule has 1 saturated heterocycles. The van der Waals surface area contributed by atoms with Crippen LogP contribution in [0.4, 0.5) is 0 Å². The fraction of sp³-hybridized carbons (Fsp3) is 0.375. The monoisotopic (exact) mass is 333 g/mol. The van der Waals surface area contributed by atoms with Crippen molar-refractivity contribution in [1.82, 2.24) is 14.9 Å². The minimum absolute atomic E-state index is 0.266. The second kappa shape index (κ2) is 5.45. The third-order valence-electron chi connectivity index (χ3n) is 4.32. The molecule has 2 aromatic rings. The lowest BCUT2D eigenvalue weighted by Crippen LogP contribution is -2.51. The summed E-state index contributed by atoms with van der Waals surface area (Å²) in [6.45, 7) is 3.32. The number of carbonyl (C=O) groups is 2. The number of rotatable bonds is 1. The normalized spacial score (nSPS) is 22.0. The van der Waals surface area contributed by atoms with Gasteiger partial charge in [0, 0.05) is 6.42 Å². The SMILES string of the molecule is Cc1nc2c(Cl)cccc2c(=O)n1C1(C)CCCC(=O)NC1=O. The summed E-state index contributed by atoms with van der Waals surface area (Å²) >= 11 is 6.11. The molecule has 120 valence electrons. The van der Waals surface area contributed by atoms with E-state index < -0.39 is 11.4 Å². The number of aryl methyl sites for hydroxylation is 1. The Hall–Kier alpha value is -2.21. The average Bonchev–Trinajstić information content (AvgIpc) is 2.60. The van der Waals surface area contributed by atoms with E-state index >= 15 is 0 Å². The van der Waals surface area contributed by atoms with Crippen molar-refractivity contribution >= 4 is 34.3 Å². The molecule has 1 aliphatic heterocycles. The van der Waals surface area contributed by atoms with Crippen LogP contribution < -0.4 is 10.9 Å². The van der Waals surface area contributed by atoms with Gasteiger partial charge in [-0.15, -0.1) is 0 Å². The Morgan fingerprint density at radius 3 is 2.78 bits per heavy atom. The zero-order valence-electron chi connectivity index (χ0n) is 12.9. The van der Waals surface area contributed by atoms with E-state index in [1.807, 2.05) is 0 Å². The smallest absolute Gasteiger partial charge is 0.262 e. The number of para-hydroxylation sites is 1. The van der Waals surface area contributed by atoms with Crippen molar-refractivity contribution in [3.8, 4) is 0 Å². The highest BCUT2D eigenvalue weighted by Gasteiger charge is 2.40. The Labute approximate surface area is 137 Å². The van der Waals surface area contributed by atoms with Crippen LogP contribution in [0.3, 0.4) is 0 Å². The van der Waals surface area contributed by atoms with Gasteiger partial charge < -0.3 is 0 Å². The van der Waals surface area contributed by atoms with Crippen LogP contribution in [0.1, 0.15) is 32.0 Å². The van der Waals surface area contributed by atoms with Crippen molar-refractivity contribution < 1.29 is 9.59 Å². The number of fused-ring (bicyclic) bond motifs is 1. The maximum absolute atomic E-state index is 12.9. The van der Waals surface area contributed by atoms with Crippen LogP contribution in [-0.4, -0.2) is 21.4 Å². The van der Waals surface area contributed by atoms with E-state index in [-0.39, 0.29) is 17.9 Å². The van der Waals surface area contributed by atoms with Gasteiger partial charge in [-0.3, -0.25) is 24.3 Å². The van der Waals surface area contributed by atoms with E-state index in [9.17, 15) is 14.4 Å². The molecule has 1 fully saturated rings. The molecule has 2 heterocycles. The molecule has 1 atom stereocenters. The fourth-order valence-electron chi connectivity index (χ4n) is 3.11. The Bertz CT molecular complexity index is 890. The topological polar surface area (TPSA) is 81.1 Å². The average molecular weight is 334 g/mol. The number of amides is 2. The molecule has 1 unspecified atom stereocenters. The lowest BCUT2D eigenvalue weighted by atomic mass is 9.94. The Morgan fingerprint density at radius 1 is 1.30 bits per heavy atom. The van der Waals surface area contributed by atoms with Crippen molar-refractivity contribution in [2.75, 3.05) is 0 Å². The zero-order chi connectivity index (χ0) is 16.8. The number of hydrogen-bond acceptors (Lipinski definition) is 4. The predicted molar refractivity (Wildman–Crippen MR) is 86.4 cm³/mol. The molecule has 23 heavy (non-hydrogen) atoms. The molecule has 6 nitrogen and oxygen atoms in total. The molecule has 3 rings (SSSR count). The van der Waals surface area contributed by atoms with E-state index in [4.69, 9.17) is 11.6 Å². The summed E-state index contributed by atoms with van der Waals surface area (Å²) in [5.74, 6) is -0.405. The van der Waals surface area contributed by atoms with Crippen LogP contribution in [0.5, 0.6) is 0 Å². The van der Waals surface area contributed by atoms with Gasteiger partial charge >= 0.3 is 0 Å². The van der Waals surface area contributed by atoms with Crippen molar-refractivity contribution in [3.05, 3.63) is 39.4 Å². The summed E-state index contributed by atoms with van der Waals surface area (Å²) in [7, 11) is 0. The molecule has 0 spiro atoms. The molecule has 1 aromatic heterocycles. The van der Waals surface area contributed by atoms with Gasteiger partial charge in [-0.25, -0.2) is 4.98 Å². The van der Waals surface area contributed by atoms with Gasteiger partial charge in [0.1, 0.15) is 11.4 Å². The molecule has 1 aromatic carbocycles. The van der Waals surface area contributed by atoms with E-state index in [0.717, 1.165) is 0 Å². The number of nitrogens with zero attached hydrogens (tertiary/aromatic N) is 2. The standard InChI is InChI=1S/C16H16ClN3O3/c1-9-18-13-10(5-3-6-11(13)17)14(22)20(9)16(2)8-4-7-12(21)19-15(16)23/h3,5-6H,4,7-8H2,1-2H3,(H,19,21,23). The number of imide groups is 1. The maximum Gasteiger partial charge on any atom is 0.262 e. The summed E-state index contributed by atoms with van der Waals surface area (Å²) in [4.78, 5) is 41.4. The van der Waals surface area contributed by atoms with Crippen molar-refractivity contribution in [1.29, 1.82) is 0 Å². The van der Waals surface area contributed by atoms with Crippen LogP contribution in [0.25, 0.3) is 10.9 Å². The van der Waals surface area contributed by atoms with Gasteiger partial charge in [0.15, 0.2) is 0 Å². The molecular formula is C16H16ClN3O3. The quantitative estimate of drug-likeness (QED) is 0.808. The number of carbonyl (C=O) groups excluding carboxylic acids is 2. The number of nitrogens with one attached hydrogen (secondary N) is 1. The summed E-state index contributed by atoms with van der Waals surface area (Å²) < 4.78 is 1.37. The highest BCUT2D eigenvalue weighted by atomic mass is 35.5. The number of hydrogen-bond donors (Lipinski definition) is 1. The summed E-state index contributed by atoms with van der Waals surface area (Å²) in [5.41, 5.74) is -1.07. The molecular weight excluding hydrogens is 318 g/mol. The maximum atomic E-state index is 12.9. The third-order valence-corrected chi connectivity index (χ3v) is 4.63. The first-order valence-electron chi connectivity index (χ1n) is 7.37. The van der Waals surface area contributed by atoms with E-state index in [1.54, 1.807) is 32.0 Å². The van der Waals surface area contributed by atoms with E-state index in [2.05, 4.69) is 10.3 Å². The molecule has 0 radical (unpaired) electrons. The molecule has 1 aliphatic rings. The largest absolute Gasteiger partial charge is 0.294 e. The van der Waals surface area contributed by atoms with Crippen molar-refractivity contribution in [2.45, 2.75) is 38.6 Å². The highest BCUT2D eigenvalue weighted by Crippen LogP contribution is 2.27. The molecule has 0 aliphatic carbocycles. The van der Waals surface area contributed by atoms with E-state index in [1.165, 1.54) is 4.57 Å². The first-order chi connectivity index (χ1) is 10.8. The lowest BCUT2D eigenvalue weighted by Gasteiger charge is -2.30. The number of halogens is 1. The predicted octanol–water partition coefficient (Wildman–Crippen LogP) is 1.90. The second-order valence-corrected chi connectivity index (χ2v) is 6.35. The lowest BCUT2D eigenvalue weighted by molar-refractivity contribution is -0.134.